The number of halogens is 6. The van der Waals surface area contributed by atoms with E-state index in [9.17, 15) is 0 Å². The highest BCUT2D eigenvalue weighted by atomic mass is 32.2. The number of pyridine rings is 2. The number of alkyl halides is 3. The fraction of sp³-hybridized carbons (Fsp3) is 0.250. The lowest BCUT2D eigenvalue weighted by Crippen LogP contribution is -2.33. The molecule has 0 unspecified atom stereocenters. The van der Waals surface area contributed by atoms with Crippen LogP contribution in [0.1, 0.15) is 46.3 Å². The van der Waals surface area contributed by atoms with Gasteiger partial charge in [0.1, 0.15) is 69.3 Å². The minimum atomic E-state index is -5.38. The van der Waals surface area contributed by atoms with Gasteiger partial charge in [-0.2, -0.15) is 13.2 Å². The van der Waals surface area contributed by atoms with Crippen LogP contribution in [0.5, 0.6) is 28.9 Å². The van der Waals surface area contributed by atoms with Gasteiger partial charge in [0, 0.05) is 37.9 Å². The molecule has 9 rings (SSSR count). The van der Waals surface area contributed by atoms with Crippen molar-refractivity contribution in [3.05, 3.63) is 172 Å². The predicted octanol–water partition coefficient (Wildman–Crippen LogP) is 12.7. The highest BCUT2D eigenvalue weighted by Gasteiger charge is 2.41. The number of anilines is 3. The average molecular weight is 1050 g/mol. The third-order valence-electron chi connectivity index (χ3n) is 13.0. The topological polar surface area (TPSA) is 107 Å². The number of ether oxygens (including phenoxy) is 5. The summed E-state index contributed by atoms with van der Waals surface area (Å²) in [6.45, 7) is 2.47. The molecule has 19 heteroatoms. The zero-order valence-corrected chi connectivity index (χ0v) is 42.5. The van der Waals surface area contributed by atoms with Gasteiger partial charge in [0.15, 0.2) is 16.8 Å². The third kappa shape index (κ3) is 11.0. The first kappa shape index (κ1) is 52.0. The Kier molecular flexibility index (Phi) is 15.4. The van der Waals surface area contributed by atoms with Crippen LogP contribution in [0.3, 0.4) is 0 Å². The van der Waals surface area contributed by atoms with Crippen molar-refractivity contribution in [2.45, 2.75) is 50.5 Å². The minimum Gasteiger partial charge on any atom is -0.497 e. The second kappa shape index (κ2) is 22.3. The van der Waals surface area contributed by atoms with Crippen LogP contribution in [-0.4, -0.2) is 67.8 Å². The molecule has 75 heavy (non-hydrogen) atoms. The molecule has 5 aromatic carbocycles. The highest BCUT2D eigenvalue weighted by molar-refractivity contribution is 7.98. The molecule has 0 aliphatic carbocycles. The Morgan fingerprint density at radius 1 is 0.667 bits per heavy atom. The van der Waals surface area contributed by atoms with E-state index in [0.29, 0.717) is 53.0 Å². The first-order chi connectivity index (χ1) is 36.2. The van der Waals surface area contributed by atoms with Crippen LogP contribution in [0.15, 0.2) is 127 Å². The summed E-state index contributed by atoms with van der Waals surface area (Å²) in [4.78, 5) is 23.9. The molecule has 0 bridgehead atoms. The summed E-state index contributed by atoms with van der Waals surface area (Å²) in [6.07, 6.45) is -2.02. The van der Waals surface area contributed by atoms with Crippen LogP contribution in [0.4, 0.5) is 43.7 Å². The molecule has 0 fully saturated rings. The van der Waals surface area contributed by atoms with Gasteiger partial charge < -0.3 is 38.4 Å². The summed E-state index contributed by atoms with van der Waals surface area (Å²) in [5, 5.41) is 0.0150. The molecule has 1 aliphatic rings. The van der Waals surface area contributed by atoms with Gasteiger partial charge in [-0.05, 0) is 96.1 Å². The van der Waals surface area contributed by atoms with Crippen molar-refractivity contribution in [3.63, 3.8) is 0 Å². The fourth-order valence-electron chi connectivity index (χ4n) is 9.14. The fourth-order valence-corrected chi connectivity index (χ4v) is 9.50. The van der Waals surface area contributed by atoms with Crippen molar-refractivity contribution in [1.29, 1.82) is 0 Å². The molecule has 0 spiro atoms. The molecule has 0 saturated carbocycles. The molecule has 4 heterocycles. The van der Waals surface area contributed by atoms with Gasteiger partial charge in [-0.3, -0.25) is 0 Å². The van der Waals surface area contributed by atoms with Crippen LogP contribution in [0.25, 0.3) is 22.2 Å². The predicted molar refractivity (Wildman–Crippen MR) is 277 cm³/mol. The molecule has 0 amide bonds. The number of aromatic nitrogens is 4. The summed E-state index contributed by atoms with van der Waals surface area (Å²) < 4.78 is 125. The lowest BCUT2D eigenvalue weighted by atomic mass is 9.98. The maximum absolute atomic E-state index is 17.7. The summed E-state index contributed by atoms with van der Waals surface area (Å²) >= 11 is 1.07. The number of rotatable bonds is 18. The Balaban J connectivity index is 1.17. The Morgan fingerprint density at radius 2 is 1.16 bits per heavy atom. The number of nitrogens with zero attached hydrogens (tertiary/aromatic N) is 7. The van der Waals surface area contributed by atoms with Crippen molar-refractivity contribution in [2.24, 2.45) is 0 Å². The van der Waals surface area contributed by atoms with E-state index < -0.39 is 57.7 Å². The van der Waals surface area contributed by atoms with E-state index in [-0.39, 0.29) is 54.5 Å². The van der Waals surface area contributed by atoms with Gasteiger partial charge in [-0.1, -0.05) is 66.4 Å². The number of methoxy groups -OCH3 is 4. The Labute approximate surface area is 433 Å². The van der Waals surface area contributed by atoms with Crippen molar-refractivity contribution in [1.82, 2.24) is 19.9 Å². The summed E-state index contributed by atoms with van der Waals surface area (Å²) in [5.41, 5.74) is -1.68. The van der Waals surface area contributed by atoms with Crippen molar-refractivity contribution in [3.8, 4) is 40.1 Å². The highest BCUT2D eigenvalue weighted by Crippen LogP contribution is 2.48. The van der Waals surface area contributed by atoms with E-state index in [1.165, 1.54) is 19.1 Å². The van der Waals surface area contributed by atoms with Crippen molar-refractivity contribution in [2.75, 3.05) is 62.5 Å². The molecule has 0 saturated heterocycles. The van der Waals surface area contributed by atoms with Crippen molar-refractivity contribution < 1.29 is 50.0 Å². The third-order valence-corrected chi connectivity index (χ3v) is 13.5. The molecule has 0 N–H and O–H groups in total. The van der Waals surface area contributed by atoms with E-state index in [1.807, 2.05) is 72.5 Å². The van der Waals surface area contributed by atoms with E-state index in [1.54, 1.807) is 75.2 Å². The van der Waals surface area contributed by atoms with Crippen molar-refractivity contribution >= 4 is 40.0 Å². The van der Waals surface area contributed by atoms with Gasteiger partial charge in [0.25, 0.3) is 0 Å². The lowest BCUT2D eigenvalue weighted by molar-refractivity contribution is -0.137. The molecule has 1 atom stereocenters. The van der Waals surface area contributed by atoms with Gasteiger partial charge in [0.05, 0.1) is 52.2 Å². The van der Waals surface area contributed by atoms with E-state index >= 15 is 26.3 Å². The number of hydrogen-bond donors (Lipinski definition) is 0. The van der Waals surface area contributed by atoms with E-state index in [2.05, 4.69) is 14.9 Å². The van der Waals surface area contributed by atoms with Crippen LogP contribution in [0, 0.1) is 17.5 Å². The molecular weight excluding hydrogens is 997 g/mol. The summed E-state index contributed by atoms with van der Waals surface area (Å²) in [6, 6.07) is 32.1. The second-order valence-electron chi connectivity index (χ2n) is 17.5. The molecule has 3 aromatic heterocycles. The SMILES string of the molecule is COc1ccc(CN(Cc2ccc(OC)cc2)c2ncccc2[C@@H](C)N2CCOc3nc(-c4c(C(F)(F)F)cc(F)c(N(Cc5ccc(OC)cc5)Cc5ccc(OC)cc5)c4F)c(F)c4nc(SC)nc2c34)cc1. The first-order valence-corrected chi connectivity index (χ1v) is 24.8. The Bertz CT molecular complexity index is 3200. The standard InChI is InChI=1S/C56H51F6N7O5S/c1-33(42-8-7-25-63-52(42)68(31-36-13-21-40(72-4)22-14-36)32-37-15-23-41(73-5)24-16-37)69-26-27-74-54-46-50(65-55(75-6)66-53(46)69)48(59)49(64-54)45-43(56(60,61)62)28-44(57)51(47(45)58)67(29-34-9-17-38(70-2)18-10-34)30-35-11-19-39(71-3)20-12-35/h7-25,28,33H,26-27,29-32H2,1-6H3/t33-/m1/s1. The Morgan fingerprint density at radius 3 is 1.63 bits per heavy atom. The smallest absolute Gasteiger partial charge is 0.417 e. The number of benzene rings is 5. The molecule has 12 nitrogen and oxygen atoms in total. The largest absolute Gasteiger partial charge is 0.497 e. The summed E-state index contributed by atoms with van der Waals surface area (Å²) in [7, 11) is 6.17. The molecule has 388 valence electrons. The Hall–Kier alpha value is -7.93. The first-order valence-electron chi connectivity index (χ1n) is 23.6. The molecule has 1 aliphatic heterocycles. The minimum absolute atomic E-state index is 0.0471. The van der Waals surface area contributed by atoms with Gasteiger partial charge in [-0.15, -0.1) is 0 Å². The molecular formula is C56H51F6N7O5S. The zero-order valence-electron chi connectivity index (χ0n) is 41.7. The van der Waals surface area contributed by atoms with Crippen LogP contribution >= 0.6 is 11.8 Å². The van der Waals surface area contributed by atoms with Crippen LogP contribution in [-0.2, 0) is 32.4 Å². The maximum Gasteiger partial charge on any atom is 0.417 e. The second-order valence-corrected chi connectivity index (χ2v) is 18.3. The monoisotopic (exact) mass is 1050 g/mol. The number of thioether (sulfide) groups is 1. The van der Waals surface area contributed by atoms with E-state index in [0.717, 1.165) is 28.5 Å². The van der Waals surface area contributed by atoms with E-state index in [4.69, 9.17) is 33.7 Å². The molecule has 8 aromatic rings. The maximum atomic E-state index is 17.7. The van der Waals surface area contributed by atoms with Crippen LogP contribution < -0.4 is 38.4 Å². The van der Waals surface area contributed by atoms with Gasteiger partial charge >= 0.3 is 6.18 Å². The van der Waals surface area contributed by atoms with Crippen LogP contribution in [0.2, 0.25) is 0 Å². The lowest BCUT2D eigenvalue weighted by Gasteiger charge is -2.33. The summed E-state index contributed by atoms with van der Waals surface area (Å²) in [5.74, 6) is -1.70. The normalized spacial score (nSPS) is 12.7. The van der Waals surface area contributed by atoms with Gasteiger partial charge in [0.2, 0.25) is 5.88 Å². The van der Waals surface area contributed by atoms with Gasteiger partial charge in [-0.25, -0.2) is 33.1 Å². The zero-order chi connectivity index (χ0) is 53.0. The number of hydrogen-bond acceptors (Lipinski definition) is 13. The average Bonchev–Trinajstić information content (AvgIpc) is 3.62. The molecule has 0 radical (unpaired) electrons. The quantitative estimate of drug-likeness (QED) is 0.0463.